The summed E-state index contributed by atoms with van der Waals surface area (Å²) in [5.74, 6) is -1.19. The Hall–Kier alpha value is -2.24. The second kappa shape index (κ2) is 3.90. The van der Waals surface area contributed by atoms with E-state index in [1.165, 1.54) is 18.2 Å². The summed E-state index contributed by atoms with van der Waals surface area (Å²) >= 11 is 0. The van der Waals surface area contributed by atoms with Crippen LogP contribution in [-0.4, -0.2) is 22.3 Å². The third-order valence-corrected chi connectivity index (χ3v) is 2.85. The molecule has 1 aliphatic rings. The number of carboxylic acids is 1. The number of aliphatic carboxylic acids is 1. The van der Waals surface area contributed by atoms with E-state index in [1.807, 2.05) is 0 Å². The van der Waals surface area contributed by atoms with Gasteiger partial charge in [0, 0.05) is 5.56 Å². The molecule has 1 heterocycles. The van der Waals surface area contributed by atoms with Crippen molar-refractivity contribution in [1.82, 2.24) is 5.32 Å². The molecule has 3 N–H and O–H groups in total. The van der Waals surface area contributed by atoms with E-state index in [9.17, 15) is 14.7 Å². The van der Waals surface area contributed by atoms with Crippen LogP contribution in [0, 0.1) is 0 Å². The molecule has 1 unspecified atom stereocenters. The third kappa shape index (κ3) is 1.97. The molecule has 0 bridgehead atoms. The van der Waals surface area contributed by atoms with Crippen molar-refractivity contribution in [2.45, 2.75) is 25.5 Å². The van der Waals surface area contributed by atoms with Gasteiger partial charge in [-0.1, -0.05) is 6.07 Å². The first-order valence-electron chi connectivity index (χ1n) is 5.37. The molecule has 18 heavy (non-hydrogen) atoms. The van der Waals surface area contributed by atoms with Gasteiger partial charge in [0.05, 0.1) is 0 Å². The van der Waals surface area contributed by atoms with E-state index >= 15 is 0 Å². The van der Waals surface area contributed by atoms with Crippen molar-refractivity contribution in [3.8, 4) is 5.75 Å². The zero-order valence-electron chi connectivity index (χ0n) is 9.93. The maximum atomic E-state index is 11.5. The molecule has 0 fully saturated rings. The summed E-state index contributed by atoms with van der Waals surface area (Å²) in [6.45, 7) is 3.27. The Morgan fingerprint density at radius 3 is 2.72 bits per heavy atom. The minimum Gasteiger partial charge on any atom is -0.508 e. The predicted molar refractivity (Wildman–Crippen MR) is 61.1 cm³/mol. The minimum atomic E-state index is -1.19. The van der Waals surface area contributed by atoms with Crippen molar-refractivity contribution >= 4 is 12.1 Å². The number of amides is 1. The van der Waals surface area contributed by atoms with E-state index in [2.05, 4.69) is 5.32 Å². The molecule has 0 saturated carbocycles. The van der Waals surface area contributed by atoms with Crippen LogP contribution in [0.2, 0.25) is 0 Å². The minimum absolute atomic E-state index is 0.0103. The van der Waals surface area contributed by atoms with Gasteiger partial charge in [-0.3, -0.25) is 0 Å². The number of phenols is 1. The van der Waals surface area contributed by atoms with E-state index in [0.29, 0.717) is 11.1 Å². The van der Waals surface area contributed by atoms with Crippen LogP contribution in [0.5, 0.6) is 5.75 Å². The predicted octanol–water partition coefficient (Wildman–Crippen LogP) is 1.49. The number of alkyl carbamates (subject to hydrolysis) is 1. The molecule has 1 aromatic rings. The average molecular weight is 251 g/mol. The molecule has 6 nitrogen and oxygen atoms in total. The number of phenolic OH excluding ortho intramolecular Hbond substituents is 1. The molecule has 0 radical (unpaired) electrons. The monoisotopic (exact) mass is 251 g/mol. The summed E-state index contributed by atoms with van der Waals surface area (Å²) < 4.78 is 5.14. The standard InChI is InChI=1S/C12H13NO5/c1-12(2)8-5-6(14)3-4-7(8)9(10(15)16)13-11(17)18-12/h3-5,9,14H,1-2H3,(H,13,17)(H,15,16). The number of hydrogen-bond acceptors (Lipinski definition) is 4. The lowest BCUT2D eigenvalue weighted by Crippen LogP contribution is -2.33. The smallest absolute Gasteiger partial charge is 0.408 e. The van der Waals surface area contributed by atoms with E-state index in [4.69, 9.17) is 9.84 Å². The van der Waals surface area contributed by atoms with Gasteiger partial charge in [0.15, 0.2) is 6.04 Å². The second-order valence-corrected chi connectivity index (χ2v) is 4.59. The number of carbonyl (C=O) groups excluding carboxylic acids is 1. The van der Waals surface area contributed by atoms with Gasteiger partial charge in [0.1, 0.15) is 11.4 Å². The number of rotatable bonds is 1. The summed E-state index contributed by atoms with van der Waals surface area (Å²) in [5, 5.41) is 20.9. The Morgan fingerprint density at radius 2 is 2.11 bits per heavy atom. The first-order chi connectivity index (χ1) is 8.31. The largest absolute Gasteiger partial charge is 0.508 e. The van der Waals surface area contributed by atoms with Crippen LogP contribution in [0.1, 0.15) is 31.0 Å². The lowest BCUT2D eigenvalue weighted by atomic mass is 9.89. The molecule has 1 aromatic carbocycles. The number of fused-ring (bicyclic) bond motifs is 1. The molecular weight excluding hydrogens is 238 g/mol. The molecule has 0 aromatic heterocycles. The number of benzene rings is 1. The van der Waals surface area contributed by atoms with Crippen LogP contribution < -0.4 is 5.32 Å². The average Bonchev–Trinajstić information content (AvgIpc) is 2.34. The van der Waals surface area contributed by atoms with Crippen molar-refractivity contribution in [2.24, 2.45) is 0 Å². The molecule has 1 amide bonds. The molecule has 0 saturated heterocycles. The molecule has 1 atom stereocenters. The van der Waals surface area contributed by atoms with E-state index in [0.717, 1.165) is 0 Å². The SMILES string of the molecule is CC1(C)OC(=O)NC(C(=O)O)c2ccc(O)cc21. The first kappa shape index (κ1) is 12.2. The van der Waals surface area contributed by atoms with Crippen LogP contribution in [0.3, 0.4) is 0 Å². The van der Waals surface area contributed by atoms with Crippen LogP contribution in [0.4, 0.5) is 4.79 Å². The number of ether oxygens (including phenoxy) is 1. The van der Waals surface area contributed by atoms with Crippen molar-refractivity contribution in [3.63, 3.8) is 0 Å². The Kier molecular flexibility index (Phi) is 2.65. The number of aromatic hydroxyl groups is 1. The van der Waals surface area contributed by atoms with E-state index in [1.54, 1.807) is 13.8 Å². The van der Waals surface area contributed by atoms with Gasteiger partial charge in [-0.2, -0.15) is 0 Å². The Morgan fingerprint density at radius 1 is 1.44 bits per heavy atom. The van der Waals surface area contributed by atoms with Gasteiger partial charge >= 0.3 is 12.1 Å². The highest BCUT2D eigenvalue weighted by atomic mass is 16.6. The quantitative estimate of drug-likeness (QED) is 0.702. The lowest BCUT2D eigenvalue weighted by molar-refractivity contribution is -0.139. The van der Waals surface area contributed by atoms with Crippen molar-refractivity contribution < 1.29 is 24.5 Å². The number of carbonyl (C=O) groups is 2. The first-order valence-corrected chi connectivity index (χ1v) is 5.37. The molecule has 6 heteroatoms. The van der Waals surface area contributed by atoms with Crippen molar-refractivity contribution in [1.29, 1.82) is 0 Å². The fourth-order valence-corrected chi connectivity index (χ4v) is 2.02. The zero-order chi connectivity index (χ0) is 13.5. The highest BCUT2D eigenvalue weighted by Crippen LogP contribution is 2.36. The summed E-state index contributed by atoms with van der Waals surface area (Å²) in [6, 6.07) is 3.07. The van der Waals surface area contributed by atoms with Gasteiger partial charge in [-0.25, -0.2) is 9.59 Å². The summed E-state index contributed by atoms with van der Waals surface area (Å²) in [4.78, 5) is 22.7. The van der Waals surface area contributed by atoms with Crippen LogP contribution in [-0.2, 0) is 15.1 Å². The normalized spacial score (nSPS) is 21.2. The molecule has 96 valence electrons. The number of hydrogen-bond donors (Lipinski definition) is 3. The summed E-state index contributed by atoms with van der Waals surface area (Å²) in [5.41, 5.74) is -0.146. The summed E-state index contributed by atoms with van der Waals surface area (Å²) in [7, 11) is 0. The zero-order valence-corrected chi connectivity index (χ0v) is 9.93. The molecule has 0 aliphatic carbocycles. The van der Waals surface area contributed by atoms with Crippen molar-refractivity contribution in [2.75, 3.05) is 0 Å². The van der Waals surface area contributed by atoms with Gasteiger partial charge in [0.25, 0.3) is 0 Å². The van der Waals surface area contributed by atoms with Crippen LogP contribution in [0.15, 0.2) is 18.2 Å². The topological polar surface area (TPSA) is 95.9 Å². The van der Waals surface area contributed by atoms with Gasteiger partial charge in [-0.15, -0.1) is 0 Å². The molecule has 0 spiro atoms. The summed E-state index contributed by atoms with van der Waals surface area (Å²) in [6.07, 6.45) is -0.803. The fourth-order valence-electron chi connectivity index (χ4n) is 2.02. The Bertz CT molecular complexity index is 523. The van der Waals surface area contributed by atoms with Crippen molar-refractivity contribution in [3.05, 3.63) is 29.3 Å². The Balaban J connectivity index is 2.65. The number of cyclic esters (lactones) is 1. The molecular formula is C12H13NO5. The highest BCUT2D eigenvalue weighted by molar-refractivity contribution is 5.83. The van der Waals surface area contributed by atoms with Gasteiger partial charge < -0.3 is 20.3 Å². The van der Waals surface area contributed by atoms with Gasteiger partial charge in [-0.05, 0) is 31.5 Å². The number of nitrogens with one attached hydrogen (secondary N) is 1. The van der Waals surface area contributed by atoms with E-state index < -0.39 is 23.7 Å². The third-order valence-electron chi connectivity index (χ3n) is 2.85. The van der Waals surface area contributed by atoms with Gasteiger partial charge in [0.2, 0.25) is 0 Å². The molecule has 1 aliphatic heterocycles. The lowest BCUT2D eigenvalue weighted by Gasteiger charge is -2.24. The van der Waals surface area contributed by atoms with E-state index in [-0.39, 0.29) is 5.75 Å². The maximum Gasteiger partial charge on any atom is 0.408 e. The highest BCUT2D eigenvalue weighted by Gasteiger charge is 2.38. The fraction of sp³-hybridized carbons (Fsp3) is 0.333. The molecule has 2 rings (SSSR count). The van der Waals surface area contributed by atoms with Crippen LogP contribution in [0.25, 0.3) is 0 Å². The Labute approximate surface area is 103 Å². The van der Waals surface area contributed by atoms with Crippen LogP contribution >= 0.6 is 0 Å². The maximum absolute atomic E-state index is 11.5. The second-order valence-electron chi connectivity index (χ2n) is 4.59. The number of carboxylic acid groups (broad SMARTS) is 1.